The number of nitrogens with one attached hydrogen (secondary N) is 1. The monoisotopic (exact) mass is 371 g/mol. The number of ether oxygens (including phenoxy) is 1. The Morgan fingerprint density at radius 3 is 2.71 bits per heavy atom. The first kappa shape index (κ1) is 17.6. The van der Waals surface area contributed by atoms with E-state index in [1.54, 1.807) is 6.07 Å². The number of amides is 1. The van der Waals surface area contributed by atoms with Crippen LogP contribution in [-0.2, 0) is 0 Å². The lowest BCUT2D eigenvalue weighted by molar-refractivity contribution is 0.0618. The summed E-state index contributed by atoms with van der Waals surface area (Å²) in [5, 5.41) is 3.79. The first-order valence-electron chi connectivity index (χ1n) is 8.32. The summed E-state index contributed by atoms with van der Waals surface area (Å²) in [4.78, 5) is 17.3. The van der Waals surface area contributed by atoms with Crippen molar-refractivity contribution in [3.63, 3.8) is 0 Å². The van der Waals surface area contributed by atoms with Crippen molar-refractivity contribution in [2.24, 2.45) is 5.92 Å². The fraction of sp³-hybridized carbons (Fsp3) is 0.588. The molecule has 7 heteroatoms. The molecule has 1 unspecified atom stereocenters. The molecule has 0 radical (unpaired) electrons. The molecule has 4 aliphatic rings. The third-order valence-corrected chi connectivity index (χ3v) is 5.55. The Labute approximate surface area is 153 Å². The van der Waals surface area contributed by atoms with Crippen molar-refractivity contribution in [2.45, 2.75) is 18.9 Å². The Bertz CT molecular complexity index is 633. The summed E-state index contributed by atoms with van der Waals surface area (Å²) >= 11 is 6.23. The minimum atomic E-state index is -0.0715. The van der Waals surface area contributed by atoms with Crippen LogP contribution in [0.1, 0.15) is 23.2 Å². The molecule has 0 saturated carbocycles. The molecule has 0 aliphatic carbocycles. The second kappa shape index (κ2) is 6.98. The van der Waals surface area contributed by atoms with Gasteiger partial charge in [0.2, 0.25) is 0 Å². The largest absolute Gasteiger partial charge is 0.489 e. The number of rotatable bonds is 2. The van der Waals surface area contributed by atoms with E-state index in [2.05, 4.69) is 15.1 Å². The SMILES string of the molecule is CN1CCOc2c(C(=O)NC3CN4CCC3CC4)cc(Cl)cc21.Cl. The number of anilines is 1. The van der Waals surface area contributed by atoms with Crippen molar-refractivity contribution in [3.8, 4) is 5.75 Å². The summed E-state index contributed by atoms with van der Waals surface area (Å²) in [5.41, 5.74) is 1.44. The van der Waals surface area contributed by atoms with Crippen molar-refractivity contribution in [1.82, 2.24) is 10.2 Å². The van der Waals surface area contributed by atoms with Crippen LogP contribution in [-0.4, -0.2) is 56.7 Å². The number of carbonyl (C=O) groups excluding carboxylic acids is 1. The van der Waals surface area contributed by atoms with Gasteiger partial charge in [-0.2, -0.15) is 0 Å². The first-order chi connectivity index (χ1) is 11.1. The minimum absolute atomic E-state index is 0. The van der Waals surface area contributed by atoms with Gasteiger partial charge >= 0.3 is 0 Å². The van der Waals surface area contributed by atoms with Gasteiger partial charge in [0.25, 0.3) is 5.91 Å². The molecule has 1 aromatic carbocycles. The Morgan fingerprint density at radius 1 is 1.29 bits per heavy atom. The van der Waals surface area contributed by atoms with E-state index in [0.29, 0.717) is 28.9 Å². The normalized spacial score (nSPS) is 27.8. The van der Waals surface area contributed by atoms with Gasteiger partial charge < -0.3 is 19.9 Å². The van der Waals surface area contributed by atoms with E-state index < -0.39 is 0 Å². The fourth-order valence-electron chi connectivity index (χ4n) is 3.96. The van der Waals surface area contributed by atoms with Crippen molar-refractivity contribution in [3.05, 3.63) is 22.7 Å². The molecule has 3 fully saturated rings. The summed E-state index contributed by atoms with van der Waals surface area (Å²) in [7, 11) is 1.99. The fourth-order valence-corrected chi connectivity index (χ4v) is 4.18. The Morgan fingerprint density at radius 2 is 2.04 bits per heavy atom. The van der Waals surface area contributed by atoms with Crippen LogP contribution in [0.4, 0.5) is 5.69 Å². The Balaban J connectivity index is 0.00000169. The topological polar surface area (TPSA) is 44.8 Å². The van der Waals surface area contributed by atoms with E-state index >= 15 is 0 Å². The van der Waals surface area contributed by atoms with Crippen molar-refractivity contribution >= 4 is 35.6 Å². The van der Waals surface area contributed by atoms with Gasteiger partial charge in [0.1, 0.15) is 6.61 Å². The number of likely N-dealkylation sites (N-methyl/N-ethyl adjacent to an activating group) is 1. The maximum atomic E-state index is 12.8. The summed E-state index contributed by atoms with van der Waals surface area (Å²) in [5.74, 6) is 1.18. The number of fused-ring (bicyclic) bond motifs is 4. The lowest BCUT2D eigenvalue weighted by atomic mass is 9.84. The summed E-state index contributed by atoms with van der Waals surface area (Å²) < 4.78 is 5.78. The van der Waals surface area contributed by atoms with E-state index in [1.807, 2.05) is 13.1 Å². The van der Waals surface area contributed by atoms with E-state index in [9.17, 15) is 4.79 Å². The van der Waals surface area contributed by atoms with E-state index in [4.69, 9.17) is 16.3 Å². The van der Waals surface area contributed by atoms with E-state index in [-0.39, 0.29) is 24.4 Å². The number of piperidine rings is 3. The molecule has 24 heavy (non-hydrogen) atoms. The highest BCUT2D eigenvalue weighted by Crippen LogP contribution is 2.37. The summed E-state index contributed by atoms with van der Waals surface area (Å²) in [6.07, 6.45) is 2.36. The van der Waals surface area contributed by atoms with Crippen molar-refractivity contribution in [2.75, 3.05) is 44.7 Å². The predicted octanol–water partition coefficient (Wildman–Crippen LogP) is 2.41. The van der Waals surface area contributed by atoms with E-state index in [1.165, 1.54) is 12.8 Å². The highest BCUT2D eigenvalue weighted by Gasteiger charge is 2.35. The molecule has 1 N–H and O–H groups in total. The number of hydrogen-bond donors (Lipinski definition) is 1. The summed E-state index contributed by atoms with van der Waals surface area (Å²) in [6.45, 7) is 4.67. The molecule has 0 aromatic heterocycles. The molecule has 3 saturated heterocycles. The molecular formula is C17H23Cl2N3O2. The maximum absolute atomic E-state index is 12.8. The van der Waals surface area contributed by atoms with Crippen molar-refractivity contribution in [1.29, 1.82) is 0 Å². The van der Waals surface area contributed by atoms with Crippen LogP contribution in [0.25, 0.3) is 0 Å². The smallest absolute Gasteiger partial charge is 0.255 e. The van der Waals surface area contributed by atoms with Crippen LogP contribution in [0.5, 0.6) is 5.75 Å². The van der Waals surface area contributed by atoms with Gasteiger partial charge in [-0.25, -0.2) is 0 Å². The highest BCUT2D eigenvalue weighted by atomic mass is 35.5. The molecule has 0 spiro atoms. The first-order valence-corrected chi connectivity index (χ1v) is 8.70. The number of halogens is 2. The zero-order valence-corrected chi connectivity index (χ0v) is 15.3. The molecule has 4 aliphatic heterocycles. The third-order valence-electron chi connectivity index (χ3n) is 5.34. The van der Waals surface area contributed by atoms with Gasteiger partial charge in [-0.1, -0.05) is 11.6 Å². The predicted molar refractivity (Wildman–Crippen MR) is 97.9 cm³/mol. The standard InChI is InChI=1S/C17H22ClN3O2.ClH/c1-20-6-7-23-16-13(8-12(18)9-15(16)20)17(22)19-14-10-21-4-2-11(14)3-5-21;/h8-9,11,14H,2-7,10H2,1H3,(H,19,22);1H. The molecular weight excluding hydrogens is 349 g/mol. The molecule has 1 atom stereocenters. The second-order valence-electron chi connectivity index (χ2n) is 6.79. The Kier molecular flexibility index (Phi) is 5.13. The second-order valence-corrected chi connectivity index (χ2v) is 7.23. The van der Waals surface area contributed by atoms with Crippen LogP contribution in [0.3, 0.4) is 0 Å². The van der Waals surface area contributed by atoms with E-state index in [0.717, 1.165) is 31.9 Å². The third kappa shape index (κ3) is 3.17. The average molecular weight is 372 g/mol. The number of hydrogen-bond acceptors (Lipinski definition) is 4. The molecule has 132 valence electrons. The number of benzene rings is 1. The van der Waals surface area contributed by atoms with Gasteiger partial charge in [-0.05, 0) is 44.0 Å². The van der Waals surface area contributed by atoms with Crippen LogP contribution in [0, 0.1) is 5.92 Å². The minimum Gasteiger partial charge on any atom is -0.489 e. The van der Waals surface area contributed by atoms with Crippen LogP contribution >= 0.6 is 24.0 Å². The molecule has 1 aromatic rings. The van der Waals surface area contributed by atoms with Gasteiger partial charge in [0, 0.05) is 24.7 Å². The van der Waals surface area contributed by atoms with Crippen molar-refractivity contribution < 1.29 is 9.53 Å². The maximum Gasteiger partial charge on any atom is 0.255 e. The highest BCUT2D eigenvalue weighted by molar-refractivity contribution is 6.31. The number of nitrogens with zero attached hydrogens (tertiary/aromatic N) is 2. The quantitative estimate of drug-likeness (QED) is 0.866. The zero-order valence-electron chi connectivity index (χ0n) is 13.8. The molecule has 1 amide bonds. The Hall–Kier alpha value is -1.17. The summed E-state index contributed by atoms with van der Waals surface area (Å²) in [6, 6.07) is 3.82. The lowest BCUT2D eigenvalue weighted by Gasteiger charge is -2.45. The average Bonchev–Trinajstić information content (AvgIpc) is 2.56. The van der Waals surface area contributed by atoms with Gasteiger partial charge in [0.15, 0.2) is 5.75 Å². The van der Waals surface area contributed by atoms with Gasteiger partial charge in [-0.3, -0.25) is 4.79 Å². The molecule has 2 bridgehead atoms. The van der Waals surface area contributed by atoms with Gasteiger partial charge in [-0.15, -0.1) is 12.4 Å². The van der Waals surface area contributed by atoms with Crippen LogP contribution in [0.2, 0.25) is 5.02 Å². The molecule has 5 nitrogen and oxygen atoms in total. The number of carbonyl (C=O) groups is 1. The molecule has 5 rings (SSSR count). The van der Waals surface area contributed by atoms with Crippen LogP contribution in [0.15, 0.2) is 12.1 Å². The zero-order chi connectivity index (χ0) is 16.0. The lowest BCUT2D eigenvalue weighted by Crippen LogP contribution is -2.57. The molecule has 4 heterocycles. The van der Waals surface area contributed by atoms with Crippen LogP contribution < -0.4 is 15.0 Å². The van der Waals surface area contributed by atoms with Gasteiger partial charge in [0.05, 0.1) is 17.8 Å².